The molecule has 0 spiro atoms. The number of thiophene rings is 1. The van der Waals surface area contributed by atoms with Crippen molar-refractivity contribution in [2.24, 2.45) is 0 Å². The number of aliphatic carboxylic acids is 1. The fourth-order valence-corrected chi connectivity index (χ4v) is 4.45. The molecule has 0 aromatic carbocycles. The van der Waals surface area contributed by atoms with Crippen LogP contribution in [0.1, 0.15) is 24.1 Å². The summed E-state index contributed by atoms with van der Waals surface area (Å²) >= 11 is 0.983. The van der Waals surface area contributed by atoms with E-state index >= 15 is 0 Å². The summed E-state index contributed by atoms with van der Waals surface area (Å²) in [6.45, 7) is 0.933. The van der Waals surface area contributed by atoms with Gasteiger partial charge in [-0.05, 0) is 31.4 Å². The third-order valence-electron chi connectivity index (χ3n) is 3.00. The van der Waals surface area contributed by atoms with Crippen molar-refractivity contribution in [3.8, 4) is 0 Å². The Balaban J connectivity index is 1.95. The normalized spacial score (nSPS) is 19.9. The molecule has 0 saturated carbocycles. The molecule has 1 saturated heterocycles. The van der Waals surface area contributed by atoms with E-state index in [9.17, 15) is 13.2 Å². The molecule has 1 aliphatic heterocycles. The molecule has 8 heteroatoms. The maximum atomic E-state index is 12.1. The molecule has 0 amide bonds. The Kier molecular flexibility index (Phi) is 5.14. The Morgan fingerprint density at radius 3 is 2.90 bits per heavy atom. The molecule has 1 aromatic rings. The van der Waals surface area contributed by atoms with Crippen LogP contribution < -0.4 is 4.72 Å². The van der Waals surface area contributed by atoms with Crippen LogP contribution in [0.5, 0.6) is 0 Å². The maximum Gasteiger partial charge on any atom is 0.308 e. The van der Waals surface area contributed by atoms with Gasteiger partial charge in [0.05, 0.1) is 12.5 Å². The van der Waals surface area contributed by atoms with Crippen LogP contribution in [-0.2, 0) is 26.0 Å². The lowest BCUT2D eigenvalue weighted by atomic mass is 10.1. The van der Waals surface area contributed by atoms with Gasteiger partial charge in [-0.3, -0.25) is 4.79 Å². The number of hydrogen-bond donors (Lipinski definition) is 2. The molecule has 0 radical (unpaired) electrons. The zero-order chi connectivity index (χ0) is 14.6. The van der Waals surface area contributed by atoms with E-state index in [2.05, 4.69) is 4.72 Å². The van der Waals surface area contributed by atoms with Gasteiger partial charge >= 0.3 is 5.97 Å². The highest BCUT2D eigenvalue weighted by molar-refractivity contribution is 7.91. The third kappa shape index (κ3) is 4.27. The molecule has 6 nitrogen and oxygen atoms in total. The molecule has 1 unspecified atom stereocenters. The van der Waals surface area contributed by atoms with Crippen molar-refractivity contribution in [2.75, 3.05) is 13.2 Å². The summed E-state index contributed by atoms with van der Waals surface area (Å²) in [5.41, 5.74) is 0. The number of sulfonamides is 1. The van der Waals surface area contributed by atoms with Gasteiger partial charge < -0.3 is 9.84 Å². The van der Waals surface area contributed by atoms with Crippen molar-refractivity contribution >= 4 is 27.3 Å². The van der Waals surface area contributed by atoms with Gasteiger partial charge in [0.25, 0.3) is 0 Å². The average molecular weight is 319 g/mol. The molecule has 0 aliphatic carbocycles. The summed E-state index contributed by atoms with van der Waals surface area (Å²) in [4.78, 5) is 11.1. The number of hydrogen-bond acceptors (Lipinski definition) is 5. The first-order valence-corrected chi connectivity index (χ1v) is 8.69. The van der Waals surface area contributed by atoms with Crippen molar-refractivity contribution < 1.29 is 23.1 Å². The Labute approximate surface area is 121 Å². The van der Waals surface area contributed by atoms with Crippen LogP contribution in [0.2, 0.25) is 0 Å². The predicted molar refractivity (Wildman–Crippen MR) is 74.4 cm³/mol. The summed E-state index contributed by atoms with van der Waals surface area (Å²) < 4.78 is 32.3. The van der Waals surface area contributed by atoms with Gasteiger partial charge in [-0.1, -0.05) is 0 Å². The minimum Gasteiger partial charge on any atom is -0.481 e. The highest BCUT2D eigenvalue weighted by Gasteiger charge is 2.21. The molecule has 1 fully saturated rings. The topological polar surface area (TPSA) is 92.7 Å². The smallest absolute Gasteiger partial charge is 0.308 e. The zero-order valence-electron chi connectivity index (χ0n) is 10.9. The van der Waals surface area contributed by atoms with Gasteiger partial charge in [-0.25, -0.2) is 13.1 Å². The number of carboxylic acid groups (broad SMARTS) is 1. The molecule has 2 N–H and O–H groups in total. The van der Waals surface area contributed by atoms with E-state index in [0.29, 0.717) is 11.5 Å². The van der Waals surface area contributed by atoms with Crippen LogP contribution in [0.4, 0.5) is 0 Å². The molecular formula is C12H17NO5S2. The summed E-state index contributed by atoms with van der Waals surface area (Å²) in [5, 5.41) is 8.68. The molecule has 1 atom stereocenters. The number of nitrogens with one attached hydrogen (secondary N) is 1. The van der Waals surface area contributed by atoms with Crippen molar-refractivity contribution in [2.45, 2.75) is 36.0 Å². The number of rotatable bonds is 6. The Morgan fingerprint density at radius 2 is 2.25 bits per heavy atom. The number of ether oxygens (including phenoxy) is 1. The first kappa shape index (κ1) is 15.4. The molecule has 0 bridgehead atoms. The largest absolute Gasteiger partial charge is 0.481 e. The monoisotopic (exact) mass is 319 g/mol. The highest BCUT2D eigenvalue weighted by Crippen LogP contribution is 2.22. The van der Waals surface area contributed by atoms with E-state index in [1.54, 1.807) is 0 Å². The minimum absolute atomic E-state index is 0.0722. The van der Waals surface area contributed by atoms with E-state index in [1.165, 1.54) is 12.1 Å². The quantitative estimate of drug-likeness (QED) is 0.822. The lowest BCUT2D eigenvalue weighted by Crippen LogP contribution is -2.35. The van der Waals surface area contributed by atoms with E-state index in [1.807, 2.05) is 0 Å². The van der Waals surface area contributed by atoms with Crippen molar-refractivity contribution in [3.05, 3.63) is 17.0 Å². The van der Waals surface area contributed by atoms with Gasteiger partial charge in [0.1, 0.15) is 4.21 Å². The summed E-state index contributed by atoms with van der Waals surface area (Å²) in [7, 11) is -3.58. The predicted octanol–water partition coefficient (Wildman–Crippen LogP) is 1.22. The van der Waals surface area contributed by atoms with E-state index in [4.69, 9.17) is 9.84 Å². The van der Waals surface area contributed by atoms with E-state index < -0.39 is 16.0 Å². The molecular weight excluding hydrogens is 302 g/mol. The second kappa shape index (κ2) is 6.66. The molecule has 20 heavy (non-hydrogen) atoms. The minimum atomic E-state index is -3.58. The average Bonchev–Trinajstić information content (AvgIpc) is 2.86. The van der Waals surface area contributed by atoms with Crippen LogP contribution in [0.15, 0.2) is 16.3 Å². The van der Waals surface area contributed by atoms with Crippen LogP contribution >= 0.6 is 11.3 Å². The number of carboxylic acids is 1. The molecule has 1 aromatic heterocycles. The van der Waals surface area contributed by atoms with Crippen LogP contribution in [0.25, 0.3) is 0 Å². The van der Waals surface area contributed by atoms with Crippen LogP contribution in [-0.4, -0.2) is 38.7 Å². The van der Waals surface area contributed by atoms with Gasteiger partial charge in [0, 0.05) is 18.0 Å². The van der Waals surface area contributed by atoms with E-state index in [0.717, 1.165) is 30.6 Å². The van der Waals surface area contributed by atoms with Crippen LogP contribution in [0, 0.1) is 0 Å². The maximum absolute atomic E-state index is 12.1. The Bertz CT molecular complexity index is 560. The van der Waals surface area contributed by atoms with Crippen LogP contribution in [0.3, 0.4) is 0 Å². The fourth-order valence-electron chi connectivity index (χ4n) is 1.99. The van der Waals surface area contributed by atoms with Crippen molar-refractivity contribution in [3.63, 3.8) is 0 Å². The third-order valence-corrected chi connectivity index (χ3v) is 6.00. The first-order valence-electron chi connectivity index (χ1n) is 6.39. The highest BCUT2D eigenvalue weighted by atomic mass is 32.2. The number of carbonyl (C=O) groups is 1. The summed E-state index contributed by atoms with van der Waals surface area (Å²) in [5.74, 6) is -0.973. The molecule has 1 aliphatic rings. The summed E-state index contributed by atoms with van der Waals surface area (Å²) in [6, 6.07) is 2.97. The molecule has 2 rings (SSSR count). The second-order valence-electron chi connectivity index (χ2n) is 4.63. The SMILES string of the molecule is O=C(O)Cc1ccc(S(=O)(=O)NCC2CCCCO2)s1. The lowest BCUT2D eigenvalue weighted by molar-refractivity contribution is -0.136. The van der Waals surface area contributed by atoms with Gasteiger partial charge in [-0.2, -0.15) is 0 Å². The standard InChI is InChI=1S/C12H17NO5S2/c14-11(15)7-10-4-5-12(19-10)20(16,17)13-8-9-3-1-2-6-18-9/h4-5,9,13H,1-3,6-8H2,(H,14,15). The van der Waals surface area contributed by atoms with Crippen molar-refractivity contribution in [1.29, 1.82) is 0 Å². The van der Waals surface area contributed by atoms with Gasteiger partial charge in [-0.15, -0.1) is 11.3 Å². The van der Waals surface area contributed by atoms with E-state index in [-0.39, 0.29) is 23.3 Å². The Morgan fingerprint density at radius 1 is 1.45 bits per heavy atom. The second-order valence-corrected chi connectivity index (χ2v) is 7.79. The Hall–Kier alpha value is -0.960. The van der Waals surface area contributed by atoms with Gasteiger partial charge in [0.2, 0.25) is 10.0 Å². The molecule has 112 valence electrons. The molecule has 2 heterocycles. The summed E-state index contributed by atoms with van der Waals surface area (Å²) in [6.07, 6.45) is 2.70. The van der Waals surface area contributed by atoms with Gasteiger partial charge in [0.15, 0.2) is 0 Å². The van der Waals surface area contributed by atoms with Crippen molar-refractivity contribution in [1.82, 2.24) is 4.72 Å². The first-order chi connectivity index (χ1) is 9.47. The zero-order valence-corrected chi connectivity index (χ0v) is 12.5. The lowest BCUT2D eigenvalue weighted by Gasteiger charge is -2.22. The fraction of sp³-hybridized carbons (Fsp3) is 0.583.